The summed E-state index contributed by atoms with van der Waals surface area (Å²) < 4.78 is 27.6. The van der Waals surface area contributed by atoms with Gasteiger partial charge in [0.15, 0.2) is 0 Å². The van der Waals surface area contributed by atoms with Crippen molar-refractivity contribution in [3.05, 3.63) is 28.2 Å². The van der Waals surface area contributed by atoms with Gasteiger partial charge in [-0.25, -0.2) is 8.42 Å². The van der Waals surface area contributed by atoms with Gasteiger partial charge >= 0.3 is 0 Å². The topological polar surface area (TPSA) is 49.4 Å². The molecule has 0 spiro atoms. The summed E-state index contributed by atoms with van der Waals surface area (Å²) in [5.41, 5.74) is 0.937. The minimum atomic E-state index is -3.34. The molecule has 0 amide bonds. The lowest BCUT2D eigenvalue weighted by Crippen LogP contribution is -2.30. The first-order chi connectivity index (χ1) is 8.95. The molecule has 0 aliphatic carbocycles. The molecule has 1 heterocycles. The molecule has 0 saturated carbocycles. The van der Waals surface area contributed by atoms with Crippen molar-refractivity contribution < 1.29 is 8.42 Å². The van der Waals surface area contributed by atoms with Crippen molar-refractivity contribution in [2.24, 2.45) is 5.92 Å². The van der Waals surface area contributed by atoms with E-state index in [1.807, 2.05) is 14.0 Å². The Kier molecular flexibility index (Phi) is 4.66. The number of rotatable bonds is 4. The lowest BCUT2D eigenvalue weighted by molar-refractivity contribution is 0.451. The highest BCUT2D eigenvalue weighted by atomic mass is 79.9. The van der Waals surface area contributed by atoms with Crippen molar-refractivity contribution >= 4 is 26.0 Å². The largest absolute Gasteiger partial charge is 0.319 e. The van der Waals surface area contributed by atoms with E-state index in [0.717, 1.165) is 23.0 Å². The molecule has 0 radical (unpaired) electrons. The van der Waals surface area contributed by atoms with Crippen molar-refractivity contribution in [1.82, 2.24) is 9.62 Å². The van der Waals surface area contributed by atoms with Crippen molar-refractivity contribution in [2.45, 2.75) is 18.2 Å². The van der Waals surface area contributed by atoms with E-state index in [4.69, 9.17) is 0 Å². The molecule has 1 fully saturated rings. The summed E-state index contributed by atoms with van der Waals surface area (Å²) in [6.07, 6.45) is 0.926. The molecule has 0 bridgehead atoms. The maximum atomic E-state index is 12.5. The summed E-state index contributed by atoms with van der Waals surface area (Å²) in [7, 11) is -1.45. The molecular formula is C13H19BrN2O2S. The Morgan fingerprint density at radius 3 is 2.84 bits per heavy atom. The number of aryl methyl sites for hydroxylation is 1. The molecule has 1 atom stereocenters. The van der Waals surface area contributed by atoms with Crippen molar-refractivity contribution in [3.63, 3.8) is 0 Å². The second-order valence-electron chi connectivity index (χ2n) is 4.99. The minimum Gasteiger partial charge on any atom is -0.319 e. The third kappa shape index (κ3) is 3.18. The van der Waals surface area contributed by atoms with Crippen LogP contribution in [0.25, 0.3) is 0 Å². The summed E-state index contributed by atoms with van der Waals surface area (Å²) in [5.74, 6) is 0.413. The average Bonchev–Trinajstić information content (AvgIpc) is 2.82. The zero-order valence-corrected chi connectivity index (χ0v) is 13.6. The zero-order chi connectivity index (χ0) is 14.0. The molecule has 1 saturated heterocycles. The minimum absolute atomic E-state index is 0.387. The lowest BCUT2D eigenvalue weighted by atomic mass is 10.1. The second kappa shape index (κ2) is 5.91. The first-order valence-electron chi connectivity index (χ1n) is 6.36. The predicted octanol–water partition coefficient (Wildman–Crippen LogP) is 1.99. The van der Waals surface area contributed by atoms with E-state index in [1.165, 1.54) is 0 Å². The Bertz CT molecular complexity index is 560. The molecular weight excluding hydrogens is 328 g/mol. The van der Waals surface area contributed by atoms with Gasteiger partial charge in [0.25, 0.3) is 0 Å². The van der Waals surface area contributed by atoms with Crippen LogP contribution in [0.1, 0.15) is 12.0 Å². The molecule has 1 aliphatic rings. The van der Waals surface area contributed by atoms with Crippen LogP contribution < -0.4 is 5.32 Å². The third-order valence-corrected chi connectivity index (χ3v) is 6.26. The highest BCUT2D eigenvalue weighted by Gasteiger charge is 2.32. The van der Waals surface area contributed by atoms with Crippen LogP contribution in [0.4, 0.5) is 0 Å². The molecule has 106 valence electrons. The standard InChI is InChI=1S/C13H19BrN2O2S/c1-10-7-12(3-4-13(10)14)19(17,18)16-6-5-11(9-16)8-15-2/h3-4,7,11,15H,5-6,8-9H2,1-2H3. The Morgan fingerprint density at radius 2 is 2.21 bits per heavy atom. The SMILES string of the molecule is CNCC1CCN(S(=O)(=O)c2ccc(Br)c(C)c2)C1. The molecule has 19 heavy (non-hydrogen) atoms. The number of halogens is 1. The highest BCUT2D eigenvalue weighted by Crippen LogP contribution is 2.26. The van der Waals surface area contributed by atoms with E-state index < -0.39 is 10.0 Å². The van der Waals surface area contributed by atoms with E-state index in [1.54, 1.807) is 22.5 Å². The van der Waals surface area contributed by atoms with Crippen molar-refractivity contribution in [1.29, 1.82) is 0 Å². The molecule has 2 rings (SSSR count). The quantitative estimate of drug-likeness (QED) is 0.906. The van der Waals surface area contributed by atoms with Gasteiger partial charge < -0.3 is 5.32 Å². The van der Waals surface area contributed by atoms with Crippen LogP contribution in [0.15, 0.2) is 27.6 Å². The average molecular weight is 347 g/mol. The first kappa shape index (κ1) is 15.0. The molecule has 1 aromatic carbocycles. The van der Waals surface area contributed by atoms with Gasteiger partial charge in [-0.05, 0) is 56.6 Å². The van der Waals surface area contributed by atoms with Gasteiger partial charge in [0.1, 0.15) is 0 Å². The summed E-state index contributed by atoms with van der Waals surface area (Å²) in [4.78, 5) is 0.387. The van der Waals surface area contributed by atoms with Crippen LogP contribution in [0.3, 0.4) is 0 Å². The van der Waals surface area contributed by atoms with Gasteiger partial charge in [-0.3, -0.25) is 0 Å². The number of nitrogens with zero attached hydrogens (tertiary/aromatic N) is 1. The van der Waals surface area contributed by atoms with Crippen LogP contribution in [0.5, 0.6) is 0 Å². The Hall–Kier alpha value is -0.430. The van der Waals surface area contributed by atoms with Crippen LogP contribution >= 0.6 is 15.9 Å². The van der Waals surface area contributed by atoms with Crippen LogP contribution in [-0.2, 0) is 10.0 Å². The first-order valence-corrected chi connectivity index (χ1v) is 8.59. The highest BCUT2D eigenvalue weighted by molar-refractivity contribution is 9.10. The van der Waals surface area contributed by atoms with Crippen LogP contribution in [-0.4, -0.2) is 39.4 Å². The van der Waals surface area contributed by atoms with Gasteiger partial charge in [-0.15, -0.1) is 0 Å². The molecule has 1 unspecified atom stereocenters. The predicted molar refractivity (Wildman–Crippen MR) is 79.7 cm³/mol. The van der Waals surface area contributed by atoms with E-state index in [9.17, 15) is 8.42 Å². The smallest absolute Gasteiger partial charge is 0.243 e. The van der Waals surface area contributed by atoms with Crippen LogP contribution in [0, 0.1) is 12.8 Å². The summed E-state index contributed by atoms with van der Waals surface area (Å²) in [6, 6.07) is 5.19. The number of benzene rings is 1. The van der Waals surface area contributed by atoms with Gasteiger partial charge in [0.05, 0.1) is 4.90 Å². The molecule has 4 nitrogen and oxygen atoms in total. The Labute approximate surface area is 123 Å². The van der Waals surface area contributed by atoms with Gasteiger partial charge in [0, 0.05) is 17.6 Å². The van der Waals surface area contributed by atoms with E-state index >= 15 is 0 Å². The molecule has 0 aromatic heterocycles. The van der Waals surface area contributed by atoms with Crippen LogP contribution in [0.2, 0.25) is 0 Å². The fraction of sp³-hybridized carbons (Fsp3) is 0.538. The van der Waals surface area contributed by atoms with Gasteiger partial charge in [-0.1, -0.05) is 15.9 Å². The van der Waals surface area contributed by atoms with E-state index in [2.05, 4.69) is 21.2 Å². The second-order valence-corrected chi connectivity index (χ2v) is 7.78. The summed E-state index contributed by atoms with van der Waals surface area (Å²) >= 11 is 3.39. The van der Waals surface area contributed by atoms with E-state index in [0.29, 0.717) is 23.9 Å². The maximum Gasteiger partial charge on any atom is 0.243 e. The van der Waals surface area contributed by atoms with Crippen molar-refractivity contribution in [3.8, 4) is 0 Å². The number of hydrogen-bond donors (Lipinski definition) is 1. The maximum absolute atomic E-state index is 12.5. The van der Waals surface area contributed by atoms with Gasteiger partial charge in [0.2, 0.25) is 10.0 Å². The molecule has 6 heteroatoms. The number of sulfonamides is 1. The normalized spacial score (nSPS) is 20.9. The fourth-order valence-corrected chi connectivity index (χ4v) is 4.26. The number of hydrogen-bond acceptors (Lipinski definition) is 3. The van der Waals surface area contributed by atoms with Crippen molar-refractivity contribution in [2.75, 3.05) is 26.7 Å². The molecule has 1 N–H and O–H groups in total. The lowest BCUT2D eigenvalue weighted by Gasteiger charge is -2.17. The number of nitrogens with one attached hydrogen (secondary N) is 1. The Balaban J connectivity index is 2.21. The van der Waals surface area contributed by atoms with E-state index in [-0.39, 0.29) is 0 Å². The summed E-state index contributed by atoms with van der Waals surface area (Å²) in [5, 5.41) is 3.11. The van der Waals surface area contributed by atoms with Gasteiger partial charge in [-0.2, -0.15) is 4.31 Å². The summed E-state index contributed by atoms with van der Waals surface area (Å²) in [6.45, 7) is 3.99. The monoisotopic (exact) mass is 346 g/mol. The molecule has 1 aliphatic heterocycles. The third-order valence-electron chi connectivity index (χ3n) is 3.51. The Morgan fingerprint density at radius 1 is 1.47 bits per heavy atom. The fourth-order valence-electron chi connectivity index (χ4n) is 2.40. The molecule has 1 aromatic rings. The zero-order valence-electron chi connectivity index (χ0n) is 11.2.